The molecule has 0 radical (unpaired) electrons. The molecular formula is C30H27N3O4. The molecule has 3 aromatic rings. The summed E-state index contributed by atoms with van der Waals surface area (Å²) in [6.45, 7) is 3.90. The lowest BCUT2D eigenvalue weighted by atomic mass is 9.77. The van der Waals surface area contributed by atoms with Crippen LogP contribution in [0.4, 0.5) is 10.5 Å². The smallest absolute Gasteiger partial charge is 0.300 e. The summed E-state index contributed by atoms with van der Waals surface area (Å²) in [5.74, 6) is -2.96. The fourth-order valence-corrected chi connectivity index (χ4v) is 6.52. The number of likely N-dealkylation sites (tertiary alicyclic amines) is 1. The van der Waals surface area contributed by atoms with Gasteiger partial charge in [-0.1, -0.05) is 85.3 Å². The molecular weight excluding hydrogens is 466 g/mol. The number of rotatable bonds is 5. The Balaban J connectivity index is 1.52. The third kappa shape index (κ3) is 3.13. The Bertz CT molecular complexity index is 1420. The minimum absolute atomic E-state index is 0.135. The number of hydrogen-bond donors (Lipinski definition) is 0. The average Bonchev–Trinajstić information content (AvgIpc) is 3.44. The van der Waals surface area contributed by atoms with Crippen LogP contribution in [0.15, 0.2) is 84.9 Å². The van der Waals surface area contributed by atoms with Crippen molar-refractivity contribution in [2.45, 2.75) is 38.4 Å². The van der Waals surface area contributed by atoms with Crippen LogP contribution in [-0.4, -0.2) is 39.1 Å². The number of imide groups is 2. The molecule has 0 N–H and O–H groups in total. The van der Waals surface area contributed by atoms with Crippen LogP contribution in [0.2, 0.25) is 0 Å². The van der Waals surface area contributed by atoms with E-state index in [1.165, 1.54) is 9.80 Å². The lowest BCUT2D eigenvalue weighted by Gasteiger charge is -2.34. The number of fused-ring (bicyclic) bond motifs is 3. The molecule has 3 unspecified atom stereocenters. The van der Waals surface area contributed by atoms with Crippen molar-refractivity contribution in [1.82, 2.24) is 9.80 Å². The van der Waals surface area contributed by atoms with Crippen molar-refractivity contribution in [2.75, 3.05) is 4.90 Å². The number of carbonyl (C=O) groups excluding carboxylic acids is 4. The third-order valence-corrected chi connectivity index (χ3v) is 8.10. The highest BCUT2D eigenvalue weighted by molar-refractivity contribution is 6.26. The molecule has 3 fully saturated rings. The number of anilines is 1. The molecule has 0 aromatic heterocycles. The minimum atomic E-state index is -1.44. The highest BCUT2D eigenvalue weighted by Gasteiger charge is 2.76. The summed E-state index contributed by atoms with van der Waals surface area (Å²) in [6.07, 6.45) is 0.225. The predicted octanol–water partition coefficient (Wildman–Crippen LogP) is 4.47. The SMILES string of the molecule is CC[C@@]12C(=O)N(c3ccccc3)C(=O)N1C(c1cccc(C)c1)C1C(=O)N(Cc3ccccc3)C(=O)C12. The van der Waals surface area contributed by atoms with Gasteiger partial charge >= 0.3 is 6.03 Å². The predicted molar refractivity (Wildman–Crippen MR) is 137 cm³/mol. The zero-order valence-corrected chi connectivity index (χ0v) is 20.7. The molecule has 7 nitrogen and oxygen atoms in total. The number of benzene rings is 3. The van der Waals surface area contributed by atoms with Crippen molar-refractivity contribution >= 4 is 29.4 Å². The van der Waals surface area contributed by atoms with Gasteiger partial charge in [0.25, 0.3) is 5.91 Å². The second-order valence-electron chi connectivity index (χ2n) is 10.0. The Kier molecular flexibility index (Phi) is 5.26. The number of aryl methyl sites for hydroxylation is 1. The molecule has 0 spiro atoms. The maximum Gasteiger partial charge on any atom is 0.332 e. The quantitative estimate of drug-likeness (QED) is 0.388. The van der Waals surface area contributed by atoms with Crippen molar-refractivity contribution in [3.63, 3.8) is 0 Å². The Morgan fingerprint density at radius 1 is 0.811 bits per heavy atom. The second-order valence-corrected chi connectivity index (χ2v) is 10.0. The Hall–Kier alpha value is -4.26. The molecule has 0 bridgehead atoms. The van der Waals surface area contributed by atoms with Crippen LogP contribution in [0.1, 0.15) is 36.1 Å². The number of nitrogens with zero attached hydrogens (tertiary/aromatic N) is 3. The van der Waals surface area contributed by atoms with Crippen molar-refractivity contribution in [3.8, 4) is 0 Å². The first kappa shape index (κ1) is 23.2. The van der Waals surface area contributed by atoms with E-state index in [4.69, 9.17) is 0 Å². The number of para-hydroxylation sites is 1. The Morgan fingerprint density at radius 2 is 1.49 bits per heavy atom. The van der Waals surface area contributed by atoms with Crippen LogP contribution in [0.5, 0.6) is 0 Å². The van der Waals surface area contributed by atoms with E-state index in [-0.39, 0.29) is 18.9 Å². The standard InChI is InChI=1S/C30H27N3O4/c1-3-30-24-23(26(34)31(27(24)35)18-20-12-6-4-7-13-20)25(21-14-10-11-19(2)17-21)33(30)29(37)32(28(30)36)22-15-8-5-9-16-22/h4-17,23-25H,3,18H2,1-2H3/t23?,24?,25?,30-/m1/s1. The Morgan fingerprint density at radius 3 is 2.14 bits per heavy atom. The van der Waals surface area contributed by atoms with Crippen LogP contribution in [0.3, 0.4) is 0 Å². The number of carbonyl (C=O) groups is 4. The van der Waals surface area contributed by atoms with Crippen molar-refractivity contribution in [1.29, 1.82) is 0 Å². The molecule has 4 atom stereocenters. The van der Waals surface area contributed by atoms with E-state index in [9.17, 15) is 19.2 Å². The first-order valence-electron chi connectivity index (χ1n) is 12.6. The minimum Gasteiger partial charge on any atom is -0.300 e. The zero-order chi connectivity index (χ0) is 25.9. The van der Waals surface area contributed by atoms with Crippen molar-refractivity contribution in [3.05, 3.63) is 102 Å². The van der Waals surface area contributed by atoms with Gasteiger partial charge < -0.3 is 4.90 Å². The maximum atomic E-state index is 14.2. The largest absolute Gasteiger partial charge is 0.332 e. The fraction of sp³-hybridized carbons (Fsp3) is 0.267. The van der Waals surface area contributed by atoms with Gasteiger partial charge in [-0.3, -0.25) is 19.3 Å². The molecule has 0 aliphatic carbocycles. The number of urea groups is 1. The van der Waals surface area contributed by atoms with E-state index in [0.29, 0.717) is 5.69 Å². The van der Waals surface area contributed by atoms with Gasteiger partial charge in [0, 0.05) is 0 Å². The molecule has 3 aliphatic rings. The monoisotopic (exact) mass is 493 g/mol. The van der Waals surface area contributed by atoms with Gasteiger partial charge in [-0.2, -0.15) is 0 Å². The molecule has 3 aliphatic heterocycles. The summed E-state index contributed by atoms with van der Waals surface area (Å²) >= 11 is 0. The van der Waals surface area contributed by atoms with E-state index in [1.54, 1.807) is 29.2 Å². The molecule has 37 heavy (non-hydrogen) atoms. The highest BCUT2D eigenvalue weighted by atomic mass is 16.2. The second kappa shape index (κ2) is 8.40. The van der Waals surface area contributed by atoms with Crippen LogP contribution >= 0.6 is 0 Å². The topological polar surface area (TPSA) is 78.0 Å². The summed E-state index contributed by atoms with van der Waals surface area (Å²) in [7, 11) is 0. The normalized spacial score (nSPS) is 26.8. The number of amides is 5. The zero-order valence-electron chi connectivity index (χ0n) is 20.7. The molecule has 186 valence electrons. The lowest BCUT2D eigenvalue weighted by Crippen LogP contribution is -2.53. The summed E-state index contributed by atoms with van der Waals surface area (Å²) in [4.78, 5) is 60.3. The van der Waals surface area contributed by atoms with Gasteiger partial charge in [0.1, 0.15) is 5.54 Å². The number of hydrogen-bond acceptors (Lipinski definition) is 4. The molecule has 3 heterocycles. The van der Waals surface area contributed by atoms with E-state index >= 15 is 0 Å². The summed E-state index contributed by atoms with van der Waals surface area (Å²) in [5.41, 5.74) is 1.57. The molecule has 0 saturated carbocycles. The third-order valence-electron chi connectivity index (χ3n) is 8.10. The average molecular weight is 494 g/mol. The van der Waals surface area contributed by atoms with Gasteiger partial charge in [0.15, 0.2) is 0 Å². The van der Waals surface area contributed by atoms with Gasteiger partial charge in [-0.05, 0) is 36.6 Å². The van der Waals surface area contributed by atoms with E-state index in [1.807, 2.05) is 74.5 Å². The van der Waals surface area contributed by atoms with Crippen LogP contribution in [0, 0.1) is 18.8 Å². The molecule has 3 aromatic carbocycles. The van der Waals surface area contributed by atoms with Gasteiger partial charge in [0.2, 0.25) is 11.8 Å². The van der Waals surface area contributed by atoms with E-state index in [2.05, 4.69) is 0 Å². The van der Waals surface area contributed by atoms with E-state index < -0.39 is 41.3 Å². The summed E-state index contributed by atoms with van der Waals surface area (Å²) < 4.78 is 0. The molecule has 3 saturated heterocycles. The molecule has 5 amide bonds. The van der Waals surface area contributed by atoms with Gasteiger partial charge in [-0.15, -0.1) is 0 Å². The fourth-order valence-electron chi connectivity index (χ4n) is 6.52. The first-order chi connectivity index (χ1) is 17.9. The summed E-state index contributed by atoms with van der Waals surface area (Å²) in [6, 6.07) is 24.5. The maximum absolute atomic E-state index is 14.2. The van der Waals surface area contributed by atoms with Crippen molar-refractivity contribution in [2.24, 2.45) is 11.8 Å². The Labute approximate surface area is 215 Å². The van der Waals surface area contributed by atoms with Crippen LogP contribution in [-0.2, 0) is 20.9 Å². The lowest BCUT2D eigenvalue weighted by molar-refractivity contribution is -0.145. The van der Waals surface area contributed by atoms with Crippen LogP contribution in [0.25, 0.3) is 0 Å². The van der Waals surface area contributed by atoms with Crippen LogP contribution < -0.4 is 4.90 Å². The van der Waals surface area contributed by atoms with Crippen molar-refractivity contribution < 1.29 is 19.2 Å². The van der Waals surface area contributed by atoms with E-state index in [0.717, 1.165) is 16.7 Å². The highest BCUT2D eigenvalue weighted by Crippen LogP contribution is 2.60. The first-order valence-corrected chi connectivity index (χ1v) is 12.6. The molecule has 7 heteroatoms. The summed E-state index contributed by atoms with van der Waals surface area (Å²) in [5, 5.41) is 0. The van der Waals surface area contributed by atoms with Gasteiger partial charge in [-0.25, -0.2) is 9.69 Å². The molecule has 6 rings (SSSR count). The van der Waals surface area contributed by atoms with Gasteiger partial charge in [0.05, 0.1) is 30.1 Å².